The second-order valence-electron chi connectivity index (χ2n) is 11.2. The van der Waals surface area contributed by atoms with E-state index in [-0.39, 0.29) is 28.4 Å². The van der Waals surface area contributed by atoms with E-state index < -0.39 is 29.4 Å². The van der Waals surface area contributed by atoms with E-state index in [1.165, 1.54) is 12.4 Å². The number of fused-ring (bicyclic) bond motifs is 1. The summed E-state index contributed by atoms with van der Waals surface area (Å²) in [6.07, 6.45) is 2.51. The van der Waals surface area contributed by atoms with Crippen LogP contribution in [0.3, 0.4) is 0 Å². The minimum atomic E-state index is -0.808. The lowest BCUT2D eigenvalue weighted by atomic mass is 9.85. The number of hydrogen-bond acceptors (Lipinski definition) is 7. The molecule has 4 N–H and O–H groups in total. The van der Waals surface area contributed by atoms with Gasteiger partial charge in [-0.3, -0.25) is 14.4 Å². The van der Waals surface area contributed by atoms with E-state index in [0.717, 1.165) is 0 Å². The molecule has 0 bridgehead atoms. The Hall–Kier alpha value is -3.83. The molecule has 4 rings (SSSR count). The first-order valence-electron chi connectivity index (χ1n) is 13.5. The van der Waals surface area contributed by atoms with Gasteiger partial charge in [0.15, 0.2) is 5.82 Å². The number of rotatable bonds is 8. The fraction of sp³-hybridized carbons (Fsp3) is 0.414. The van der Waals surface area contributed by atoms with E-state index in [4.69, 9.17) is 11.6 Å². The monoisotopic (exact) mass is 583 g/mol. The summed E-state index contributed by atoms with van der Waals surface area (Å²) in [5, 5.41) is 12.1. The van der Waals surface area contributed by atoms with Crippen LogP contribution in [0.15, 0.2) is 42.7 Å². The number of aromatic nitrogens is 2. The van der Waals surface area contributed by atoms with Crippen LogP contribution >= 0.6 is 11.6 Å². The zero-order valence-electron chi connectivity index (χ0n) is 23.7. The number of amides is 3. The summed E-state index contributed by atoms with van der Waals surface area (Å²) in [6, 6.07) is 7.74. The van der Waals surface area contributed by atoms with Crippen LogP contribution in [-0.4, -0.2) is 64.3 Å². The minimum Gasteiger partial charge on any atom is -0.342 e. The van der Waals surface area contributed by atoms with Crippen molar-refractivity contribution in [1.29, 1.82) is 0 Å². The molecule has 2 heterocycles. The number of likely N-dealkylation sites (tertiary alicyclic amines) is 1. The summed E-state index contributed by atoms with van der Waals surface area (Å²) < 4.78 is 14.5. The Morgan fingerprint density at radius 3 is 2.61 bits per heavy atom. The molecule has 1 saturated heterocycles. The van der Waals surface area contributed by atoms with E-state index in [9.17, 15) is 18.8 Å². The molecule has 0 spiro atoms. The van der Waals surface area contributed by atoms with Crippen molar-refractivity contribution < 1.29 is 18.8 Å². The van der Waals surface area contributed by atoms with Crippen molar-refractivity contribution in [3.63, 3.8) is 0 Å². The van der Waals surface area contributed by atoms with E-state index in [0.29, 0.717) is 41.8 Å². The quantitative estimate of drug-likeness (QED) is 0.312. The Bertz CT molecular complexity index is 1460. The molecule has 3 atom stereocenters. The van der Waals surface area contributed by atoms with E-state index in [1.54, 1.807) is 49.2 Å². The average molecular weight is 584 g/mol. The molecule has 0 radical (unpaired) electrons. The maximum atomic E-state index is 14.5. The number of nitrogens with zero attached hydrogens (tertiary/aromatic N) is 3. The van der Waals surface area contributed by atoms with Gasteiger partial charge >= 0.3 is 0 Å². The lowest BCUT2D eigenvalue weighted by molar-refractivity contribution is -0.143. The Labute approximate surface area is 243 Å². The molecule has 10 nitrogen and oxygen atoms in total. The molecule has 12 heteroatoms. The maximum absolute atomic E-state index is 14.5. The van der Waals surface area contributed by atoms with Gasteiger partial charge in [0.1, 0.15) is 24.2 Å². The molecule has 0 saturated carbocycles. The number of halogens is 2. The van der Waals surface area contributed by atoms with Crippen molar-refractivity contribution in [2.75, 3.05) is 24.2 Å². The van der Waals surface area contributed by atoms with Gasteiger partial charge in [0.05, 0.1) is 22.3 Å². The highest BCUT2D eigenvalue weighted by Gasteiger charge is 2.42. The fourth-order valence-corrected chi connectivity index (χ4v) is 4.88. The molecule has 218 valence electrons. The highest BCUT2D eigenvalue weighted by Crippen LogP contribution is 2.30. The molecule has 1 aliphatic rings. The Kier molecular flexibility index (Phi) is 9.08. The lowest BCUT2D eigenvalue weighted by Crippen LogP contribution is -2.59. The summed E-state index contributed by atoms with van der Waals surface area (Å²) in [5.41, 5.74) is 0.625. The molecule has 1 fully saturated rings. The van der Waals surface area contributed by atoms with Crippen LogP contribution in [0.25, 0.3) is 10.9 Å². The first-order valence-corrected chi connectivity index (χ1v) is 13.8. The van der Waals surface area contributed by atoms with E-state index in [1.807, 2.05) is 20.8 Å². The van der Waals surface area contributed by atoms with Gasteiger partial charge in [-0.05, 0) is 62.6 Å². The predicted octanol–water partition coefficient (Wildman–Crippen LogP) is 4.23. The highest BCUT2D eigenvalue weighted by atomic mass is 35.5. The number of anilines is 3. The van der Waals surface area contributed by atoms with Gasteiger partial charge in [-0.15, -0.1) is 0 Å². The van der Waals surface area contributed by atoms with Crippen LogP contribution < -0.4 is 21.3 Å². The van der Waals surface area contributed by atoms with Gasteiger partial charge in [0.25, 0.3) is 0 Å². The van der Waals surface area contributed by atoms with Crippen LogP contribution in [0.5, 0.6) is 0 Å². The topological polar surface area (TPSA) is 128 Å². The molecule has 2 aromatic carbocycles. The highest BCUT2D eigenvalue weighted by molar-refractivity contribution is 6.31. The van der Waals surface area contributed by atoms with Crippen molar-refractivity contribution >= 4 is 57.4 Å². The fourth-order valence-electron chi connectivity index (χ4n) is 4.70. The van der Waals surface area contributed by atoms with Crippen molar-refractivity contribution in [3.8, 4) is 0 Å². The third kappa shape index (κ3) is 6.74. The number of hydrogen-bond donors (Lipinski definition) is 4. The SMILES string of the molecule is CN[C@@H](C)C(=O)N[C@H](C(=O)N1CCC[C@H]1C(=O)Nc1ccc2ncnc(Nc3cccc(Cl)c3F)c2c1)C(C)(C)C. The van der Waals surface area contributed by atoms with Crippen molar-refractivity contribution in [2.24, 2.45) is 5.41 Å². The molecule has 1 aliphatic heterocycles. The number of likely N-dealkylation sites (N-methyl/N-ethyl adjacent to an activating group) is 1. The predicted molar refractivity (Wildman–Crippen MR) is 158 cm³/mol. The first-order chi connectivity index (χ1) is 19.4. The normalized spacial score (nSPS) is 16.8. The van der Waals surface area contributed by atoms with Gasteiger partial charge in [0.2, 0.25) is 17.7 Å². The molecule has 41 heavy (non-hydrogen) atoms. The lowest BCUT2D eigenvalue weighted by Gasteiger charge is -2.36. The summed E-state index contributed by atoms with van der Waals surface area (Å²) in [7, 11) is 1.67. The first kappa shape index (κ1) is 30.1. The van der Waals surface area contributed by atoms with Gasteiger partial charge in [-0.1, -0.05) is 38.4 Å². The van der Waals surface area contributed by atoms with Crippen molar-refractivity contribution in [3.05, 3.63) is 53.6 Å². The van der Waals surface area contributed by atoms with E-state index in [2.05, 4.69) is 31.2 Å². The summed E-state index contributed by atoms with van der Waals surface area (Å²) >= 11 is 5.92. The van der Waals surface area contributed by atoms with Gasteiger partial charge < -0.3 is 26.2 Å². The van der Waals surface area contributed by atoms with Crippen LogP contribution in [0, 0.1) is 11.2 Å². The average Bonchev–Trinajstić information content (AvgIpc) is 3.43. The van der Waals surface area contributed by atoms with Gasteiger partial charge in [0, 0.05) is 17.6 Å². The second kappa shape index (κ2) is 12.4. The molecule has 0 aliphatic carbocycles. The van der Waals surface area contributed by atoms with Crippen LogP contribution in [0.1, 0.15) is 40.5 Å². The Morgan fingerprint density at radius 1 is 1.15 bits per heavy atom. The smallest absolute Gasteiger partial charge is 0.247 e. The maximum Gasteiger partial charge on any atom is 0.247 e. The number of carbonyl (C=O) groups is 3. The third-order valence-electron chi connectivity index (χ3n) is 7.17. The zero-order valence-corrected chi connectivity index (χ0v) is 24.5. The number of nitrogens with one attached hydrogen (secondary N) is 4. The van der Waals surface area contributed by atoms with Gasteiger partial charge in [-0.25, -0.2) is 14.4 Å². The molecule has 3 amide bonds. The summed E-state index contributed by atoms with van der Waals surface area (Å²) in [6.45, 7) is 7.76. The Morgan fingerprint density at radius 2 is 1.90 bits per heavy atom. The summed E-state index contributed by atoms with van der Waals surface area (Å²) in [5.74, 6) is -1.20. The third-order valence-corrected chi connectivity index (χ3v) is 7.46. The van der Waals surface area contributed by atoms with Crippen molar-refractivity contribution in [1.82, 2.24) is 25.5 Å². The minimum absolute atomic E-state index is 0.0261. The largest absolute Gasteiger partial charge is 0.342 e. The molecular weight excluding hydrogens is 549 g/mol. The summed E-state index contributed by atoms with van der Waals surface area (Å²) in [4.78, 5) is 49.9. The van der Waals surface area contributed by atoms with E-state index >= 15 is 0 Å². The molecule has 1 aromatic heterocycles. The Balaban J connectivity index is 1.55. The molecule has 0 unspecified atom stereocenters. The molecular formula is C29H35ClFN7O3. The molecule has 3 aromatic rings. The zero-order chi connectivity index (χ0) is 29.9. The number of carbonyl (C=O) groups excluding carboxylic acids is 3. The van der Waals surface area contributed by atoms with Crippen LogP contribution in [0.4, 0.5) is 21.6 Å². The van der Waals surface area contributed by atoms with Crippen molar-refractivity contribution in [2.45, 2.75) is 58.7 Å². The second-order valence-corrected chi connectivity index (χ2v) is 11.6. The number of benzene rings is 2. The van der Waals surface area contributed by atoms with Crippen LogP contribution in [0.2, 0.25) is 5.02 Å². The van der Waals surface area contributed by atoms with Crippen LogP contribution in [-0.2, 0) is 14.4 Å². The standard InChI is InChI=1S/C29H35ClFN7O3/c1-16(32-5)26(39)37-24(29(2,3)4)28(41)38-13-7-10-22(38)27(40)35-17-11-12-20-18(14-17)25(34-15-33-20)36-21-9-6-8-19(30)23(21)31/h6,8-9,11-12,14-16,22,24,32H,7,10,13H2,1-5H3,(H,35,40)(H,37,39)(H,33,34,36)/t16-,22-,24+/m0/s1. The van der Waals surface area contributed by atoms with Gasteiger partial charge in [-0.2, -0.15) is 0 Å².